The Labute approximate surface area is 160 Å². The van der Waals surface area contributed by atoms with E-state index < -0.39 is 29.8 Å². The molecule has 2 amide bonds. The molecule has 1 aromatic rings. The fraction of sp³-hybridized carbons (Fsp3) is 0.474. The second-order valence-electron chi connectivity index (χ2n) is 6.79. The van der Waals surface area contributed by atoms with Crippen molar-refractivity contribution in [1.29, 1.82) is 0 Å². The molecule has 2 aliphatic heterocycles. The van der Waals surface area contributed by atoms with Crippen molar-refractivity contribution in [3.05, 3.63) is 46.7 Å². The molecule has 0 radical (unpaired) electrons. The zero-order valence-electron chi connectivity index (χ0n) is 15.5. The maximum atomic E-state index is 12.8. The van der Waals surface area contributed by atoms with Crippen LogP contribution in [0.4, 0.5) is 18.0 Å². The van der Waals surface area contributed by atoms with E-state index in [1.165, 1.54) is 24.1 Å². The van der Waals surface area contributed by atoms with E-state index >= 15 is 0 Å². The molecule has 2 atom stereocenters. The predicted molar refractivity (Wildman–Crippen MR) is 93.1 cm³/mol. The molecule has 1 aromatic carbocycles. The number of nitrogens with one attached hydrogen (secondary N) is 1. The third-order valence-corrected chi connectivity index (χ3v) is 4.97. The monoisotopic (exact) mass is 398 g/mol. The van der Waals surface area contributed by atoms with Crippen LogP contribution in [0.1, 0.15) is 36.9 Å². The van der Waals surface area contributed by atoms with Crippen molar-refractivity contribution in [2.24, 2.45) is 0 Å². The van der Waals surface area contributed by atoms with Crippen LogP contribution in [0.15, 0.2) is 35.5 Å². The lowest BCUT2D eigenvalue weighted by atomic mass is 9.94. The van der Waals surface area contributed by atoms with Crippen LogP contribution in [0.2, 0.25) is 0 Å². The number of allylic oxidation sites excluding steroid dienone is 1. The molecule has 0 aliphatic carbocycles. The summed E-state index contributed by atoms with van der Waals surface area (Å²) < 4.78 is 49.3. The Bertz CT molecular complexity index is 783. The number of esters is 1. The van der Waals surface area contributed by atoms with E-state index in [4.69, 9.17) is 9.47 Å². The number of amides is 2. The molecular weight excluding hydrogens is 377 g/mol. The molecular formula is C19H21F3N2O4. The third kappa shape index (κ3) is 4.14. The molecule has 3 rings (SSSR count). The second-order valence-corrected chi connectivity index (χ2v) is 6.79. The van der Waals surface area contributed by atoms with Gasteiger partial charge in [0.2, 0.25) is 0 Å². The Morgan fingerprint density at radius 3 is 2.57 bits per heavy atom. The third-order valence-electron chi connectivity index (χ3n) is 4.97. The van der Waals surface area contributed by atoms with Crippen LogP contribution in [0.5, 0.6) is 0 Å². The SMILES string of the molecule is CC1=C(C(=O)OC[C@@H]2CCCO2)[C@@H](c2ccc(C(F)(F)F)cc2)NC(=O)N1C. The maximum Gasteiger partial charge on any atom is 0.416 e. The predicted octanol–water partition coefficient (Wildman–Crippen LogP) is 3.40. The highest BCUT2D eigenvalue weighted by molar-refractivity contribution is 5.95. The van der Waals surface area contributed by atoms with Gasteiger partial charge in [-0.15, -0.1) is 0 Å². The Hall–Kier alpha value is -2.55. The molecule has 6 nitrogen and oxygen atoms in total. The number of nitrogens with zero attached hydrogens (tertiary/aromatic N) is 1. The van der Waals surface area contributed by atoms with Crippen LogP contribution >= 0.6 is 0 Å². The van der Waals surface area contributed by atoms with Crippen LogP contribution < -0.4 is 5.32 Å². The van der Waals surface area contributed by atoms with Gasteiger partial charge in [0, 0.05) is 19.4 Å². The van der Waals surface area contributed by atoms with Gasteiger partial charge in [0.05, 0.1) is 23.3 Å². The quantitative estimate of drug-likeness (QED) is 0.790. The zero-order valence-corrected chi connectivity index (χ0v) is 15.5. The summed E-state index contributed by atoms with van der Waals surface area (Å²) in [4.78, 5) is 26.2. The summed E-state index contributed by atoms with van der Waals surface area (Å²) in [5.74, 6) is -0.634. The number of ether oxygens (including phenoxy) is 2. The molecule has 2 aliphatic rings. The number of hydrogen-bond donors (Lipinski definition) is 1. The van der Waals surface area contributed by atoms with Crippen molar-refractivity contribution >= 4 is 12.0 Å². The van der Waals surface area contributed by atoms with E-state index in [2.05, 4.69) is 5.32 Å². The highest BCUT2D eigenvalue weighted by Crippen LogP contribution is 2.34. The van der Waals surface area contributed by atoms with E-state index in [0.29, 0.717) is 17.9 Å². The van der Waals surface area contributed by atoms with Crippen LogP contribution in [-0.2, 0) is 20.4 Å². The molecule has 2 heterocycles. The lowest BCUT2D eigenvalue weighted by Crippen LogP contribution is -2.46. The van der Waals surface area contributed by atoms with Crippen LogP contribution in [0, 0.1) is 0 Å². The average Bonchev–Trinajstić information content (AvgIpc) is 3.17. The summed E-state index contributed by atoms with van der Waals surface area (Å²) in [5.41, 5.74) is 0.113. The number of alkyl halides is 3. The van der Waals surface area contributed by atoms with E-state index in [9.17, 15) is 22.8 Å². The van der Waals surface area contributed by atoms with Crippen molar-refractivity contribution in [2.75, 3.05) is 20.3 Å². The first-order chi connectivity index (χ1) is 13.2. The fourth-order valence-electron chi connectivity index (χ4n) is 3.24. The maximum absolute atomic E-state index is 12.8. The fourth-order valence-corrected chi connectivity index (χ4v) is 3.24. The summed E-state index contributed by atoms with van der Waals surface area (Å²) >= 11 is 0. The number of urea groups is 1. The first-order valence-electron chi connectivity index (χ1n) is 8.89. The standard InChI is InChI=1S/C19H21F3N2O4/c1-11-15(17(25)28-10-14-4-3-9-27-14)16(23-18(26)24(11)2)12-5-7-13(8-6-12)19(20,21)22/h5-8,14,16H,3-4,9-10H2,1-2H3,(H,23,26)/t14-,16+/m0/s1. The first-order valence-corrected chi connectivity index (χ1v) is 8.89. The van der Waals surface area contributed by atoms with E-state index in [1.54, 1.807) is 6.92 Å². The Kier molecular flexibility index (Phi) is 5.64. The van der Waals surface area contributed by atoms with Crippen molar-refractivity contribution in [2.45, 2.75) is 38.1 Å². The first kappa shape index (κ1) is 20.2. The second kappa shape index (κ2) is 7.83. The topological polar surface area (TPSA) is 67.9 Å². The van der Waals surface area contributed by atoms with E-state index in [0.717, 1.165) is 25.0 Å². The molecule has 0 saturated carbocycles. The molecule has 0 bridgehead atoms. The summed E-state index contributed by atoms with van der Waals surface area (Å²) in [5, 5.41) is 2.65. The van der Waals surface area contributed by atoms with Gasteiger partial charge in [-0.3, -0.25) is 0 Å². The van der Waals surface area contributed by atoms with Gasteiger partial charge < -0.3 is 19.7 Å². The highest BCUT2D eigenvalue weighted by Gasteiger charge is 2.36. The highest BCUT2D eigenvalue weighted by atomic mass is 19.4. The number of rotatable bonds is 4. The van der Waals surface area contributed by atoms with Crippen LogP contribution in [0.25, 0.3) is 0 Å². The van der Waals surface area contributed by atoms with Gasteiger partial charge in [-0.25, -0.2) is 9.59 Å². The molecule has 152 valence electrons. The van der Waals surface area contributed by atoms with Crippen molar-refractivity contribution in [1.82, 2.24) is 10.2 Å². The van der Waals surface area contributed by atoms with Gasteiger partial charge in [0.15, 0.2) is 0 Å². The normalized spacial score (nSPS) is 23.0. The van der Waals surface area contributed by atoms with Gasteiger partial charge in [-0.05, 0) is 37.5 Å². The molecule has 1 N–H and O–H groups in total. The number of carbonyl (C=O) groups is 2. The average molecular weight is 398 g/mol. The molecule has 1 saturated heterocycles. The summed E-state index contributed by atoms with van der Waals surface area (Å²) in [7, 11) is 1.50. The van der Waals surface area contributed by atoms with Crippen LogP contribution in [0.3, 0.4) is 0 Å². The number of carbonyl (C=O) groups excluding carboxylic acids is 2. The van der Waals surface area contributed by atoms with Crippen molar-refractivity contribution in [3.63, 3.8) is 0 Å². The number of hydrogen-bond acceptors (Lipinski definition) is 4. The van der Waals surface area contributed by atoms with E-state index in [1.807, 2.05) is 0 Å². The zero-order chi connectivity index (χ0) is 20.5. The number of benzene rings is 1. The Balaban J connectivity index is 1.86. The Morgan fingerprint density at radius 2 is 2.00 bits per heavy atom. The largest absolute Gasteiger partial charge is 0.459 e. The summed E-state index contributed by atoms with van der Waals surface area (Å²) in [6.45, 7) is 2.31. The molecule has 1 fully saturated rings. The minimum Gasteiger partial charge on any atom is -0.459 e. The smallest absolute Gasteiger partial charge is 0.416 e. The minimum absolute atomic E-state index is 0.0903. The lowest BCUT2D eigenvalue weighted by Gasteiger charge is -2.33. The van der Waals surface area contributed by atoms with Gasteiger partial charge in [-0.2, -0.15) is 13.2 Å². The molecule has 0 spiro atoms. The summed E-state index contributed by atoms with van der Waals surface area (Å²) in [6, 6.07) is 2.98. The van der Waals surface area contributed by atoms with Crippen molar-refractivity contribution in [3.8, 4) is 0 Å². The molecule has 0 aromatic heterocycles. The molecule has 28 heavy (non-hydrogen) atoms. The van der Waals surface area contributed by atoms with Gasteiger partial charge in [0.1, 0.15) is 6.61 Å². The van der Waals surface area contributed by atoms with Crippen molar-refractivity contribution < 1.29 is 32.2 Å². The van der Waals surface area contributed by atoms with Gasteiger partial charge in [0.25, 0.3) is 0 Å². The van der Waals surface area contributed by atoms with Gasteiger partial charge in [-0.1, -0.05) is 12.1 Å². The van der Waals surface area contributed by atoms with E-state index in [-0.39, 0.29) is 18.3 Å². The number of halogens is 3. The van der Waals surface area contributed by atoms with Gasteiger partial charge >= 0.3 is 18.2 Å². The molecule has 0 unspecified atom stereocenters. The summed E-state index contributed by atoms with van der Waals surface area (Å²) in [6.07, 6.45) is -2.94. The van der Waals surface area contributed by atoms with Crippen LogP contribution in [-0.4, -0.2) is 43.3 Å². The lowest BCUT2D eigenvalue weighted by molar-refractivity contribution is -0.143. The Morgan fingerprint density at radius 1 is 1.32 bits per heavy atom. The minimum atomic E-state index is -4.47. The molecule has 9 heteroatoms.